The van der Waals surface area contributed by atoms with Gasteiger partial charge in [0.05, 0.1) is 19.6 Å². The summed E-state index contributed by atoms with van der Waals surface area (Å²) in [4.78, 5) is 16.3. The Morgan fingerprint density at radius 1 is 1.65 bits per heavy atom. The maximum atomic E-state index is 10.6. The molecule has 0 bridgehead atoms. The first-order chi connectivity index (χ1) is 8.02. The zero-order valence-corrected chi connectivity index (χ0v) is 9.88. The second-order valence-electron chi connectivity index (χ2n) is 3.94. The third-order valence-electron chi connectivity index (χ3n) is 2.03. The van der Waals surface area contributed by atoms with Crippen molar-refractivity contribution < 1.29 is 14.4 Å². The van der Waals surface area contributed by atoms with Crippen LogP contribution in [0.25, 0.3) is 0 Å². The minimum atomic E-state index is -0.941. The van der Waals surface area contributed by atoms with Crippen LogP contribution in [-0.2, 0) is 11.3 Å². The summed E-state index contributed by atoms with van der Waals surface area (Å²) >= 11 is 0. The zero-order chi connectivity index (χ0) is 12.8. The molecule has 92 valence electrons. The van der Waals surface area contributed by atoms with Gasteiger partial charge in [-0.15, -0.1) is 6.42 Å². The Labute approximate surface area is 99.6 Å². The van der Waals surface area contributed by atoms with E-state index in [1.165, 1.54) is 0 Å². The third-order valence-corrected chi connectivity index (χ3v) is 2.03. The molecule has 0 fully saturated rings. The average molecular weight is 237 g/mol. The number of carboxylic acids is 1. The van der Waals surface area contributed by atoms with Crippen LogP contribution in [0.2, 0.25) is 0 Å². The molecule has 0 atom stereocenters. The van der Waals surface area contributed by atoms with Crippen LogP contribution in [0, 0.1) is 12.3 Å². The number of hydrogen-bond donors (Lipinski definition) is 1. The second-order valence-corrected chi connectivity index (χ2v) is 3.94. The quantitative estimate of drug-likeness (QED) is 0.734. The van der Waals surface area contributed by atoms with Crippen molar-refractivity contribution in [3.05, 3.63) is 11.7 Å². The lowest BCUT2D eigenvalue weighted by Crippen LogP contribution is -2.29. The van der Waals surface area contributed by atoms with Gasteiger partial charge in [-0.3, -0.25) is 9.69 Å². The van der Waals surface area contributed by atoms with Gasteiger partial charge in [0, 0.05) is 5.92 Å². The van der Waals surface area contributed by atoms with Crippen LogP contribution >= 0.6 is 0 Å². The van der Waals surface area contributed by atoms with E-state index in [0.29, 0.717) is 11.7 Å². The van der Waals surface area contributed by atoms with Crippen molar-refractivity contribution in [3.8, 4) is 12.3 Å². The van der Waals surface area contributed by atoms with E-state index in [1.807, 2.05) is 13.8 Å². The molecular formula is C11H15N3O3. The molecule has 0 unspecified atom stereocenters. The molecule has 0 saturated carbocycles. The maximum Gasteiger partial charge on any atom is 0.317 e. The fraction of sp³-hybridized carbons (Fsp3) is 0.545. The van der Waals surface area contributed by atoms with Crippen LogP contribution in [0.15, 0.2) is 4.52 Å². The van der Waals surface area contributed by atoms with Crippen LogP contribution in [0.4, 0.5) is 0 Å². The molecule has 1 aromatic rings. The average Bonchev–Trinajstić information content (AvgIpc) is 2.65. The first-order valence-corrected chi connectivity index (χ1v) is 5.23. The van der Waals surface area contributed by atoms with Gasteiger partial charge in [0.15, 0.2) is 5.82 Å². The Balaban J connectivity index is 2.65. The molecule has 17 heavy (non-hydrogen) atoms. The Hall–Kier alpha value is -1.87. The number of aliphatic carboxylic acids is 1. The number of rotatable bonds is 6. The molecule has 0 spiro atoms. The fourth-order valence-corrected chi connectivity index (χ4v) is 1.25. The van der Waals surface area contributed by atoms with E-state index in [1.54, 1.807) is 4.90 Å². The molecule has 6 heteroatoms. The SMILES string of the molecule is C#CCN(CC(=O)O)Cc1nc(C(C)C)no1. The second kappa shape index (κ2) is 6.01. The molecular weight excluding hydrogens is 222 g/mol. The normalized spacial score (nSPS) is 10.8. The molecule has 6 nitrogen and oxygen atoms in total. The van der Waals surface area contributed by atoms with E-state index in [-0.39, 0.29) is 25.6 Å². The lowest BCUT2D eigenvalue weighted by Gasteiger charge is -2.13. The molecule has 0 aromatic carbocycles. The highest BCUT2D eigenvalue weighted by Gasteiger charge is 2.15. The van der Waals surface area contributed by atoms with Crippen molar-refractivity contribution in [2.75, 3.05) is 13.1 Å². The van der Waals surface area contributed by atoms with Crippen molar-refractivity contribution in [1.82, 2.24) is 15.0 Å². The number of aromatic nitrogens is 2. The summed E-state index contributed by atoms with van der Waals surface area (Å²) in [6.45, 7) is 4.22. The molecule has 0 aliphatic carbocycles. The van der Waals surface area contributed by atoms with E-state index in [4.69, 9.17) is 16.1 Å². The first kappa shape index (κ1) is 13.2. The van der Waals surface area contributed by atoms with Gasteiger partial charge in [-0.25, -0.2) is 0 Å². The molecule has 0 radical (unpaired) electrons. The number of hydrogen-bond acceptors (Lipinski definition) is 5. The number of carboxylic acid groups (broad SMARTS) is 1. The standard InChI is InChI=1S/C11H15N3O3/c1-4-5-14(7-10(15)16)6-9-12-11(8(2)3)13-17-9/h1,8H,5-7H2,2-3H3,(H,15,16). The molecule has 1 aromatic heterocycles. The van der Waals surface area contributed by atoms with Crippen LogP contribution in [-0.4, -0.2) is 39.2 Å². The van der Waals surface area contributed by atoms with E-state index in [0.717, 1.165) is 0 Å². The first-order valence-electron chi connectivity index (χ1n) is 5.23. The van der Waals surface area contributed by atoms with Crippen molar-refractivity contribution in [2.24, 2.45) is 0 Å². The lowest BCUT2D eigenvalue weighted by atomic mass is 10.2. The minimum absolute atomic E-state index is 0.149. The Kier molecular flexibility index (Phi) is 4.67. The van der Waals surface area contributed by atoms with Crippen molar-refractivity contribution >= 4 is 5.97 Å². The van der Waals surface area contributed by atoms with Crippen LogP contribution in [0.1, 0.15) is 31.5 Å². The Bertz CT molecular complexity index is 420. The summed E-state index contributed by atoms with van der Waals surface area (Å²) in [6, 6.07) is 0. The van der Waals surface area contributed by atoms with Crippen molar-refractivity contribution in [3.63, 3.8) is 0 Å². The monoisotopic (exact) mass is 237 g/mol. The van der Waals surface area contributed by atoms with Gasteiger partial charge in [-0.2, -0.15) is 4.98 Å². The summed E-state index contributed by atoms with van der Waals surface area (Å²) in [6.07, 6.45) is 5.16. The van der Waals surface area contributed by atoms with Gasteiger partial charge < -0.3 is 9.63 Å². The Morgan fingerprint density at radius 2 is 2.35 bits per heavy atom. The maximum absolute atomic E-state index is 10.6. The summed E-state index contributed by atoms with van der Waals surface area (Å²) < 4.78 is 5.02. The molecule has 0 aliphatic heterocycles. The number of nitrogens with zero attached hydrogens (tertiary/aromatic N) is 3. The zero-order valence-electron chi connectivity index (χ0n) is 9.88. The van der Waals surface area contributed by atoms with E-state index >= 15 is 0 Å². The summed E-state index contributed by atoms with van der Waals surface area (Å²) in [7, 11) is 0. The summed E-state index contributed by atoms with van der Waals surface area (Å²) in [5.41, 5.74) is 0. The highest BCUT2D eigenvalue weighted by atomic mass is 16.5. The van der Waals surface area contributed by atoms with Gasteiger partial charge in [-0.05, 0) is 0 Å². The van der Waals surface area contributed by atoms with Gasteiger partial charge in [0.1, 0.15) is 0 Å². The molecule has 0 amide bonds. The largest absolute Gasteiger partial charge is 0.480 e. The predicted molar refractivity (Wildman–Crippen MR) is 60.1 cm³/mol. The molecule has 1 N–H and O–H groups in total. The minimum Gasteiger partial charge on any atom is -0.480 e. The molecule has 1 heterocycles. The predicted octanol–water partition coefficient (Wildman–Crippen LogP) is 0.713. The lowest BCUT2D eigenvalue weighted by molar-refractivity contribution is -0.138. The highest BCUT2D eigenvalue weighted by molar-refractivity contribution is 5.69. The van der Waals surface area contributed by atoms with Crippen LogP contribution in [0.3, 0.4) is 0 Å². The van der Waals surface area contributed by atoms with Gasteiger partial charge >= 0.3 is 5.97 Å². The Morgan fingerprint density at radius 3 is 2.82 bits per heavy atom. The van der Waals surface area contributed by atoms with Crippen molar-refractivity contribution in [2.45, 2.75) is 26.3 Å². The van der Waals surface area contributed by atoms with Gasteiger partial charge in [-0.1, -0.05) is 24.9 Å². The van der Waals surface area contributed by atoms with E-state index in [2.05, 4.69) is 16.1 Å². The highest BCUT2D eigenvalue weighted by Crippen LogP contribution is 2.10. The summed E-state index contributed by atoms with van der Waals surface area (Å²) in [5.74, 6) is 2.62. The molecule has 0 saturated heterocycles. The molecule has 1 rings (SSSR count). The molecule has 0 aliphatic rings. The van der Waals surface area contributed by atoms with Crippen LogP contribution < -0.4 is 0 Å². The number of terminal acetylenes is 1. The van der Waals surface area contributed by atoms with Crippen molar-refractivity contribution in [1.29, 1.82) is 0 Å². The van der Waals surface area contributed by atoms with Gasteiger partial charge in [0.2, 0.25) is 5.89 Å². The van der Waals surface area contributed by atoms with Crippen LogP contribution in [0.5, 0.6) is 0 Å². The van der Waals surface area contributed by atoms with E-state index in [9.17, 15) is 4.79 Å². The topological polar surface area (TPSA) is 79.5 Å². The fourth-order valence-electron chi connectivity index (χ4n) is 1.25. The third kappa shape index (κ3) is 4.25. The summed E-state index contributed by atoms with van der Waals surface area (Å²) in [5, 5.41) is 12.5. The van der Waals surface area contributed by atoms with E-state index < -0.39 is 5.97 Å². The number of carbonyl (C=O) groups is 1. The van der Waals surface area contributed by atoms with Gasteiger partial charge in [0.25, 0.3) is 0 Å². The smallest absolute Gasteiger partial charge is 0.317 e.